The van der Waals surface area contributed by atoms with Crippen LogP contribution in [-0.4, -0.2) is 47.6 Å². The van der Waals surface area contributed by atoms with E-state index in [1.54, 1.807) is 0 Å². The van der Waals surface area contributed by atoms with Crippen molar-refractivity contribution in [1.82, 2.24) is 10.2 Å². The molecule has 0 radical (unpaired) electrons. The summed E-state index contributed by atoms with van der Waals surface area (Å²) in [6.45, 7) is 2.11. The van der Waals surface area contributed by atoms with Gasteiger partial charge in [-0.15, -0.1) is 5.10 Å². The number of aromatic amines is 1. The molecule has 1 saturated heterocycles. The van der Waals surface area contributed by atoms with Gasteiger partial charge in [-0.05, 0) is 4.92 Å². The van der Waals surface area contributed by atoms with Gasteiger partial charge in [-0.2, -0.15) is 0 Å². The molecule has 88 valence electrons. The van der Waals surface area contributed by atoms with Gasteiger partial charge in [0.1, 0.15) is 6.20 Å². The molecule has 0 amide bonds. The van der Waals surface area contributed by atoms with E-state index in [1.165, 1.54) is 6.20 Å². The topological polar surface area (TPSA) is 102 Å². The largest absolute Gasteiger partial charge is 0.376 e. The second-order valence-corrected chi connectivity index (χ2v) is 3.34. The van der Waals surface area contributed by atoms with E-state index in [9.17, 15) is 10.1 Å². The first-order valence-corrected chi connectivity index (χ1v) is 4.88. The highest BCUT2D eigenvalue weighted by Crippen LogP contribution is 2.19. The predicted molar refractivity (Wildman–Crippen MR) is 54.3 cm³/mol. The second kappa shape index (κ2) is 4.90. The summed E-state index contributed by atoms with van der Waals surface area (Å²) in [5.74, 6) is -0.142. The Kier molecular flexibility index (Phi) is 3.32. The number of anilines is 1. The van der Waals surface area contributed by atoms with Crippen molar-refractivity contribution in [3.63, 3.8) is 0 Å². The zero-order valence-corrected chi connectivity index (χ0v) is 8.51. The molecule has 8 heteroatoms. The molecule has 2 heterocycles. The van der Waals surface area contributed by atoms with Gasteiger partial charge in [0.2, 0.25) is 0 Å². The molecule has 1 unspecified atom stereocenters. The Bertz CT molecular complexity index is 361. The fourth-order valence-electron chi connectivity index (χ4n) is 1.43. The monoisotopic (exact) mass is 228 g/mol. The van der Waals surface area contributed by atoms with E-state index in [-0.39, 0.29) is 11.9 Å². The molecule has 0 saturated carbocycles. The summed E-state index contributed by atoms with van der Waals surface area (Å²) < 4.78 is 10.6. The van der Waals surface area contributed by atoms with E-state index < -0.39 is 4.92 Å². The van der Waals surface area contributed by atoms with Crippen LogP contribution in [0.1, 0.15) is 0 Å². The summed E-state index contributed by atoms with van der Waals surface area (Å²) in [6, 6.07) is 0. The Morgan fingerprint density at radius 3 is 3.25 bits per heavy atom. The highest BCUT2D eigenvalue weighted by molar-refractivity contribution is 5.55. The van der Waals surface area contributed by atoms with Crippen molar-refractivity contribution >= 4 is 11.5 Å². The van der Waals surface area contributed by atoms with Gasteiger partial charge in [0.15, 0.2) is 5.69 Å². The van der Waals surface area contributed by atoms with E-state index in [1.807, 2.05) is 0 Å². The Morgan fingerprint density at radius 2 is 2.56 bits per heavy atom. The molecule has 0 bridgehead atoms. The third kappa shape index (κ3) is 2.47. The summed E-state index contributed by atoms with van der Waals surface area (Å²) in [7, 11) is 0. The van der Waals surface area contributed by atoms with Gasteiger partial charge in [-0.1, -0.05) is 5.10 Å². The highest BCUT2D eigenvalue weighted by atomic mass is 16.6. The van der Waals surface area contributed by atoms with Crippen LogP contribution in [0.5, 0.6) is 0 Å². The van der Waals surface area contributed by atoms with Crippen LogP contribution in [0.3, 0.4) is 0 Å². The van der Waals surface area contributed by atoms with Gasteiger partial charge < -0.3 is 24.9 Å². The summed E-state index contributed by atoms with van der Waals surface area (Å²) >= 11 is 0. The van der Waals surface area contributed by atoms with Crippen molar-refractivity contribution < 1.29 is 14.4 Å². The molecule has 1 atom stereocenters. The lowest BCUT2D eigenvalue weighted by Gasteiger charge is -2.22. The summed E-state index contributed by atoms with van der Waals surface area (Å²) in [6.07, 6.45) is 1.30. The average Bonchev–Trinajstić information content (AvgIpc) is 2.76. The predicted octanol–water partition coefficient (Wildman–Crippen LogP) is 0.145. The molecule has 0 aliphatic carbocycles. The van der Waals surface area contributed by atoms with Gasteiger partial charge in [0, 0.05) is 6.54 Å². The number of ether oxygens (including phenoxy) is 2. The maximum atomic E-state index is 10.6. The first kappa shape index (κ1) is 10.8. The Labute approximate surface area is 91.1 Å². The van der Waals surface area contributed by atoms with Crippen molar-refractivity contribution in [3.8, 4) is 0 Å². The first-order chi connectivity index (χ1) is 7.77. The number of rotatable bonds is 4. The molecule has 1 fully saturated rings. The molecule has 2 N–H and O–H groups in total. The SMILES string of the molecule is O=[N+]([O-])c1[nH]ncc1NCC1COCCO1. The van der Waals surface area contributed by atoms with Gasteiger partial charge in [0.05, 0.1) is 25.9 Å². The normalized spacial score (nSPS) is 20.6. The van der Waals surface area contributed by atoms with Gasteiger partial charge in [0.25, 0.3) is 0 Å². The Morgan fingerprint density at radius 1 is 1.69 bits per heavy atom. The number of hydrogen-bond acceptors (Lipinski definition) is 6. The van der Waals surface area contributed by atoms with Crippen molar-refractivity contribution in [1.29, 1.82) is 0 Å². The minimum atomic E-state index is -0.520. The van der Waals surface area contributed by atoms with E-state index in [2.05, 4.69) is 15.5 Å². The minimum Gasteiger partial charge on any atom is -0.376 e. The van der Waals surface area contributed by atoms with Crippen molar-refractivity contribution in [2.45, 2.75) is 6.10 Å². The molecular formula is C8H12N4O4. The number of nitrogens with zero attached hydrogens (tertiary/aromatic N) is 2. The summed E-state index contributed by atoms with van der Waals surface area (Å²) in [4.78, 5) is 10.1. The van der Waals surface area contributed by atoms with Crippen molar-refractivity contribution in [2.24, 2.45) is 0 Å². The quantitative estimate of drug-likeness (QED) is 0.561. The standard InChI is InChI=1S/C8H12N4O4/c13-12(14)8-7(4-10-11-8)9-3-6-5-15-1-2-16-6/h4,6,9H,1-3,5H2,(H,10,11). The minimum absolute atomic E-state index is 0.0803. The molecule has 2 rings (SSSR count). The fraction of sp³-hybridized carbons (Fsp3) is 0.625. The third-order valence-corrected chi connectivity index (χ3v) is 2.21. The number of nitro groups is 1. The molecule has 1 aromatic rings. The molecule has 1 aliphatic rings. The van der Waals surface area contributed by atoms with Crippen LogP contribution in [0, 0.1) is 10.1 Å². The maximum Gasteiger partial charge on any atom is 0.366 e. The molecular weight excluding hydrogens is 216 g/mol. The van der Waals surface area contributed by atoms with Crippen LogP contribution < -0.4 is 5.32 Å². The van der Waals surface area contributed by atoms with Crippen LogP contribution in [0.15, 0.2) is 6.20 Å². The number of hydrogen-bond donors (Lipinski definition) is 2. The van der Waals surface area contributed by atoms with E-state index in [0.29, 0.717) is 32.1 Å². The molecule has 1 aliphatic heterocycles. The summed E-state index contributed by atoms with van der Waals surface area (Å²) in [5.41, 5.74) is 0.360. The van der Waals surface area contributed by atoms with Gasteiger partial charge in [-0.25, -0.2) is 0 Å². The zero-order chi connectivity index (χ0) is 11.4. The summed E-state index contributed by atoms with van der Waals surface area (Å²) in [5, 5.41) is 19.4. The van der Waals surface area contributed by atoms with E-state index in [4.69, 9.17) is 9.47 Å². The number of aromatic nitrogens is 2. The molecule has 0 spiro atoms. The van der Waals surface area contributed by atoms with Crippen LogP contribution in [0.2, 0.25) is 0 Å². The Hall–Kier alpha value is -1.67. The van der Waals surface area contributed by atoms with Crippen molar-refractivity contribution in [2.75, 3.05) is 31.7 Å². The lowest BCUT2D eigenvalue weighted by atomic mass is 10.3. The average molecular weight is 228 g/mol. The van der Waals surface area contributed by atoms with E-state index in [0.717, 1.165) is 0 Å². The van der Waals surface area contributed by atoms with Crippen LogP contribution in [0.25, 0.3) is 0 Å². The molecule has 16 heavy (non-hydrogen) atoms. The zero-order valence-electron chi connectivity index (χ0n) is 8.51. The van der Waals surface area contributed by atoms with E-state index >= 15 is 0 Å². The number of H-pyrrole nitrogens is 1. The lowest BCUT2D eigenvalue weighted by molar-refractivity contribution is -0.388. The van der Waals surface area contributed by atoms with Crippen LogP contribution in [0.4, 0.5) is 11.5 Å². The van der Waals surface area contributed by atoms with Gasteiger partial charge in [-0.3, -0.25) is 0 Å². The second-order valence-electron chi connectivity index (χ2n) is 3.34. The smallest absolute Gasteiger partial charge is 0.366 e. The third-order valence-electron chi connectivity index (χ3n) is 2.21. The molecule has 1 aromatic heterocycles. The lowest BCUT2D eigenvalue weighted by Crippen LogP contribution is -2.34. The highest BCUT2D eigenvalue weighted by Gasteiger charge is 2.18. The molecule has 8 nitrogen and oxygen atoms in total. The molecule has 0 aromatic carbocycles. The number of nitrogens with one attached hydrogen (secondary N) is 2. The maximum absolute atomic E-state index is 10.6. The van der Waals surface area contributed by atoms with Crippen molar-refractivity contribution in [3.05, 3.63) is 16.3 Å². The van der Waals surface area contributed by atoms with Crippen LogP contribution in [-0.2, 0) is 9.47 Å². The first-order valence-electron chi connectivity index (χ1n) is 4.88. The van der Waals surface area contributed by atoms with Gasteiger partial charge >= 0.3 is 5.82 Å². The fourth-order valence-corrected chi connectivity index (χ4v) is 1.43. The van der Waals surface area contributed by atoms with Crippen LogP contribution >= 0.6 is 0 Å². The Balaban J connectivity index is 1.88.